The molecule has 2 amide bonds. The second kappa shape index (κ2) is 6.93. The van der Waals surface area contributed by atoms with E-state index in [1.807, 2.05) is 42.5 Å². The summed E-state index contributed by atoms with van der Waals surface area (Å²) in [6.07, 6.45) is -1.73. The summed E-state index contributed by atoms with van der Waals surface area (Å²) >= 11 is 0. The quantitative estimate of drug-likeness (QED) is 0.879. The molecule has 136 valence electrons. The van der Waals surface area contributed by atoms with E-state index >= 15 is 0 Å². The average molecular weight is 356 g/mol. The molecule has 0 saturated carbocycles. The lowest BCUT2D eigenvalue weighted by Crippen LogP contribution is -2.43. The van der Waals surface area contributed by atoms with Crippen molar-refractivity contribution in [3.8, 4) is 0 Å². The lowest BCUT2D eigenvalue weighted by Gasteiger charge is -2.18. The van der Waals surface area contributed by atoms with Crippen molar-refractivity contribution < 1.29 is 23.8 Å². The lowest BCUT2D eigenvalue weighted by atomic mass is 10.1. The van der Waals surface area contributed by atoms with E-state index in [1.54, 1.807) is 0 Å². The van der Waals surface area contributed by atoms with Crippen molar-refractivity contribution in [3.63, 3.8) is 0 Å². The first-order valence-electron chi connectivity index (χ1n) is 8.57. The highest BCUT2D eigenvalue weighted by Crippen LogP contribution is 2.29. The fourth-order valence-electron chi connectivity index (χ4n) is 3.56. The minimum atomic E-state index is -0.554. The molecule has 2 aromatic rings. The standard InChI is InChI=1S/C19H20N2O5/c1-11(22)20-15-9-24-18-16(10-25-17(15)18)26-19(23)21-14-8-4-6-12-5-2-3-7-13(12)14/h2-8,15-18H,9-10H2,1H3,(H,20,22)(H,21,23)/t15-,16+,17+,18+/m0/s1. The van der Waals surface area contributed by atoms with Crippen molar-refractivity contribution in [2.75, 3.05) is 18.5 Å². The van der Waals surface area contributed by atoms with Gasteiger partial charge >= 0.3 is 6.09 Å². The SMILES string of the molecule is CC(=O)N[C@H]1CO[C@H]2[C@@H]1OC[C@H]2OC(=O)Nc1cccc2ccccc12. The van der Waals surface area contributed by atoms with Crippen molar-refractivity contribution in [2.24, 2.45) is 0 Å². The van der Waals surface area contributed by atoms with Crippen molar-refractivity contribution in [3.05, 3.63) is 42.5 Å². The molecule has 0 unspecified atom stereocenters. The van der Waals surface area contributed by atoms with Crippen LogP contribution < -0.4 is 10.6 Å². The molecule has 4 rings (SSSR count). The van der Waals surface area contributed by atoms with E-state index in [2.05, 4.69) is 10.6 Å². The minimum Gasteiger partial charge on any atom is -0.441 e. The molecule has 2 aliphatic heterocycles. The number of hydrogen-bond acceptors (Lipinski definition) is 5. The van der Waals surface area contributed by atoms with Crippen LogP contribution in [0, 0.1) is 0 Å². The fourth-order valence-corrected chi connectivity index (χ4v) is 3.56. The first kappa shape index (κ1) is 16.8. The van der Waals surface area contributed by atoms with E-state index in [-0.39, 0.29) is 30.8 Å². The van der Waals surface area contributed by atoms with Crippen LogP contribution in [0.5, 0.6) is 0 Å². The molecule has 0 aliphatic carbocycles. The number of amides is 2. The first-order chi connectivity index (χ1) is 12.6. The maximum Gasteiger partial charge on any atom is 0.412 e. The Hall–Kier alpha value is -2.64. The summed E-state index contributed by atoms with van der Waals surface area (Å²) in [4.78, 5) is 23.6. The summed E-state index contributed by atoms with van der Waals surface area (Å²) in [5, 5.41) is 7.57. The molecule has 2 fully saturated rings. The molecule has 7 heteroatoms. The third kappa shape index (κ3) is 3.23. The molecule has 4 atom stereocenters. The molecule has 2 saturated heterocycles. The molecule has 2 aromatic carbocycles. The van der Waals surface area contributed by atoms with E-state index in [0.29, 0.717) is 12.3 Å². The molecule has 0 spiro atoms. The van der Waals surface area contributed by atoms with Gasteiger partial charge in [0.15, 0.2) is 6.10 Å². The fraction of sp³-hybridized carbons (Fsp3) is 0.368. The Kier molecular flexibility index (Phi) is 4.48. The number of benzene rings is 2. The molecule has 0 radical (unpaired) electrons. The van der Waals surface area contributed by atoms with E-state index < -0.39 is 12.2 Å². The third-order valence-electron chi connectivity index (χ3n) is 4.68. The maximum absolute atomic E-state index is 12.3. The van der Waals surface area contributed by atoms with Gasteiger partial charge in [-0.2, -0.15) is 0 Å². The zero-order valence-corrected chi connectivity index (χ0v) is 14.3. The predicted octanol–water partition coefficient (Wildman–Crippen LogP) is 2.06. The molecule has 0 aromatic heterocycles. The normalized spacial score (nSPS) is 27.1. The van der Waals surface area contributed by atoms with Crippen LogP contribution in [-0.4, -0.2) is 49.6 Å². The molecular weight excluding hydrogens is 336 g/mol. The van der Waals surface area contributed by atoms with Gasteiger partial charge < -0.3 is 19.5 Å². The Balaban J connectivity index is 1.41. The van der Waals surface area contributed by atoms with Gasteiger partial charge in [0.2, 0.25) is 5.91 Å². The van der Waals surface area contributed by atoms with E-state index in [0.717, 1.165) is 10.8 Å². The number of anilines is 1. The summed E-state index contributed by atoms with van der Waals surface area (Å²) < 4.78 is 16.9. The molecular formula is C19H20N2O5. The van der Waals surface area contributed by atoms with Crippen LogP contribution in [0.4, 0.5) is 10.5 Å². The third-order valence-corrected chi connectivity index (χ3v) is 4.68. The van der Waals surface area contributed by atoms with Crippen LogP contribution in [-0.2, 0) is 19.0 Å². The Morgan fingerprint density at radius 1 is 1.04 bits per heavy atom. The second-order valence-electron chi connectivity index (χ2n) is 6.50. The van der Waals surface area contributed by atoms with Gasteiger partial charge in [-0.15, -0.1) is 0 Å². The van der Waals surface area contributed by atoms with Crippen molar-refractivity contribution in [1.82, 2.24) is 5.32 Å². The Bertz CT molecular complexity index is 834. The summed E-state index contributed by atoms with van der Waals surface area (Å²) in [5.74, 6) is -0.138. The number of ether oxygens (including phenoxy) is 3. The van der Waals surface area contributed by atoms with Gasteiger partial charge in [0.1, 0.15) is 12.2 Å². The van der Waals surface area contributed by atoms with Crippen LogP contribution in [0.3, 0.4) is 0 Å². The van der Waals surface area contributed by atoms with Gasteiger partial charge in [-0.25, -0.2) is 4.79 Å². The average Bonchev–Trinajstić information content (AvgIpc) is 3.19. The summed E-state index contributed by atoms with van der Waals surface area (Å²) in [6.45, 7) is 2.04. The number of hydrogen-bond donors (Lipinski definition) is 2. The van der Waals surface area contributed by atoms with Gasteiger partial charge in [0, 0.05) is 12.3 Å². The van der Waals surface area contributed by atoms with Gasteiger partial charge in [0.25, 0.3) is 0 Å². The van der Waals surface area contributed by atoms with Crippen LogP contribution in [0.2, 0.25) is 0 Å². The van der Waals surface area contributed by atoms with E-state index in [1.165, 1.54) is 6.92 Å². The van der Waals surface area contributed by atoms with Crippen molar-refractivity contribution in [2.45, 2.75) is 31.3 Å². The monoisotopic (exact) mass is 356 g/mol. The van der Waals surface area contributed by atoms with Crippen LogP contribution >= 0.6 is 0 Å². The van der Waals surface area contributed by atoms with Crippen LogP contribution in [0.15, 0.2) is 42.5 Å². The topological polar surface area (TPSA) is 85.9 Å². The maximum atomic E-state index is 12.3. The van der Waals surface area contributed by atoms with Gasteiger partial charge in [0.05, 0.1) is 24.9 Å². The summed E-state index contributed by atoms with van der Waals surface area (Å²) in [7, 11) is 0. The smallest absolute Gasteiger partial charge is 0.412 e. The molecule has 2 heterocycles. The van der Waals surface area contributed by atoms with Crippen molar-refractivity contribution in [1.29, 1.82) is 0 Å². The lowest BCUT2D eigenvalue weighted by molar-refractivity contribution is -0.120. The summed E-state index contributed by atoms with van der Waals surface area (Å²) in [5.41, 5.74) is 0.687. The number of carbonyl (C=O) groups excluding carboxylic acids is 2. The number of rotatable bonds is 3. The van der Waals surface area contributed by atoms with E-state index in [4.69, 9.17) is 14.2 Å². The second-order valence-corrected chi connectivity index (χ2v) is 6.50. The zero-order valence-electron chi connectivity index (χ0n) is 14.3. The number of nitrogens with one attached hydrogen (secondary N) is 2. The highest BCUT2D eigenvalue weighted by Gasteiger charge is 2.49. The van der Waals surface area contributed by atoms with Gasteiger partial charge in [-0.3, -0.25) is 10.1 Å². The van der Waals surface area contributed by atoms with Crippen molar-refractivity contribution >= 4 is 28.5 Å². The first-order valence-corrected chi connectivity index (χ1v) is 8.57. The number of carbonyl (C=O) groups is 2. The van der Waals surface area contributed by atoms with Gasteiger partial charge in [-0.05, 0) is 11.5 Å². The molecule has 7 nitrogen and oxygen atoms in total. The van der Waals surface area contributed by atoms with E-state index in [9.17, 15) is 9.59 Å². The highest BCUT2D eigenvalue weighted by molar-refractivity contribution is 6.00. The van der Waals surface area contributed by atoms with Gasteiger partial charge in [-0.1, -0.05) is 36.4 Å². The summed E-state index contributed by atoms with van der Waals surface area (Å²) in [6, 6.07) is 13.3. The van der Waals surface area contributed by atoms with Crippen LogP contribution in [0.25, 0.3) is 10.8 Å². The largest absolute Gasteiger partial charge is 0.441 e. The Labute approximate surface area is 150 Å². The molecule has 2 aliphatic rings. The highest BCUT2D eigenvalue weighted by atomic mass is 16.6. The Morgan fingerprint density at radius 2 is 1.81 bits per heavy atom. The molecule has 26 heavy (non-hydrogen) atoms. The zero-order chi connectivity index (χ0) is 18.1. The molecule has 0 bridgehead atoms. The number of fused-ring (bicyclic) bond motifs is 2. The Morgan fingerprint density at radius 3 is 2.65 bits per heavy atom. The molecule has 2 N–H and O–H groups in total. The minimum absolute atomic E-state index is 0.138. The predicted molar refractivity (Wildman–Crippen MR) is 94.9 cm³/mol. The van der Waals surface area contributed by atoms with Crippen LogP contribution in [0.1, 0.15) is 6.92 Å².